The highest BCUT2D eigenvalue weighted by molar-refractivity contribution is 5.87. The summed E-state index contributed by atoms with van der Waals surface area (Å²) in [5.74, 6) is -5.92. The third-order valence-corrected chi connectivity index (χ3v) is 2.29. The van der Waals surface area contributed by atoms with Crippen LogP contribution in [0.1, 0.15) is 10.4 Å². The number of carboxylic acids is 1. The first kappa shape index (κ1) is 12.9. The maximum atomic E-state index is 13.5. The van der Waals surface area contributed by atoms with Crippen molar-refractivity contribution in [1.29, 1.82) is 0 Å². The summed E-state index contributed by atoms with van der Waals surface area (Å²) in [6, 6.07) is 6.28. The minimum atomic E-state index is -1.48. The lowest BCUT2D eigenvalue weighted by atomic mass is 10.2. The second kappa shape index (κ2) is 5.01. The largest absolute Gasteiger partial charge is 0.478 e. The van der Waals surface area contributed by atoms with Crippen LogP contribution in [0, 0.1) is 17.5 Å². The second-order valence-electron chi connectivity index (χ2n) is 3.61. The van der Waals surface area contributed by atoms with Crippen molar-refractivity contribution >= 4 is 5.97 Å². The standard InChI is InChI=1S/C13H7F3O3/c14-8-3-1-2-4-11(8)19-12-9(15)5-7(13(17)18)6-10(12)16/h1-6H,(H,17,18). The van der Waals surface area contributed by atoms with Crippen LogP contribution in [0.15, 0.2) is 36.4 Å². The molecule has 0 unspecified atom stereocenters. The molecule has 0 spiro atoms. The lowest BCUT2D eigenvalue weighted by Crippen LogP contribution is -2.01. The Morgan fingerprint density at radius 2 is 1.58 bits per heavy atom. The Morgan fingerprint density at radius 3 is 2.11 bits per heavy atom. The van der Waals surface area contributed by atoms with Crippen molar-refractivity contribution in [2.45, 2.75) is 0 Å². The predicted octanol–water partition coefficient (Wildman–Crippen LogP) is 3.59. The Labute approximate surface area is 105 Å². The molecule has 0 saturated heterocycles. The molecule has 0 radical (unpaired) electrons. The van der Waals surface area contributed by atoms with Gasteiger partial charge in [0.25, 0.3) is 0 Å². The summed E-state index contributed by atoms with van der Waals surface area (Å²) in [5.41, 5.74) is -0.559. The topological polar surface area (TPSA) is 46.5 Å². The van der Waals surface area contributed by atoms with Crippen molar-refractivity contribution in [2.24, 2.45) is 0 Å². The van der Waals surface area contributed by atoms with E-state index in [9.17, 15) is 18.0 Å². The van der Waals surface area contributed by atoms with Gasteiger partial charge in [0.1, 0.15) is 0 Å². The SMILES string of the molecule is O=C(O)c1cc(F)c(Oc2ccccc2F)c(F)c1. The number of hydrogen-bond donors (Lipinski definition) is 1. The first-order valence-electron chi connectivity index (χ1n) is 5.13. The summed E-state index contributed by atoms with van der Waals surface area (Å²) in [6.45, 7) is 0. The van der Waals surface area contributed by atoms with Crippen LogP contribution in [0.2, 0.25) is 0 Å². The molecule has 2 aromatic rings. The number of para-hydroxylation sites is 1. The molecule has 19 heavy (non-hydrogen) atoms. The maximum absolute atomic E-state index is 13.5. The van der Waals surface area contributed by atoms with Crippen molar-refractivity contribution < 1.29 is 27.8 Å². The van der Waals surface area contributed by atoms with Gasteiger partial charge in [0.2, 0.25) is 0 Å². The Kier molecular flexibility index (Phi) is 3.41. The number of halogens is 3. The van der Waals surface area contributed by atoms with Gasteiger partial charge in [-0.2, -0.15) is 0 Å². The Bertz CT molecular complexity index is 618. The van der Waals surface area contributed by atoms with E-state index in [2.05, 4.69) is 0 Å². The van der Waals surface area contributed by atoms with Gasteiger partial charge in [0, 0.05) is 0 Å². The fourth-order valence-corrected chi connectivity index (χ4v) is 1.42. The number of benzene rings is 2. The zero-order valence-corrected chi connectivity index (χ0v) is 9.36. The zero-order chi connectivity index (χ0) is 14.0. The number of ether oxygens (including phenoxy) is 1. The average Bonchev–Trinajstić information content (AvgIpc) is 2.35. The van der Waals surface area contributed by atoms with E-state index in [4.69, 9.17) is 9.84 Å². The van der Waals surface area contributed by atoms with Crippen molar-refractivity contribution in [3.05, 3.63) is 59.4 Å². The summed E-state index contributed by atoms with van der Waals surface area (Å²) in [6.07, 6.45) is 0. The summed E-state index contributed by atoms with van der Waals surface area (Å²) in [7, 11) is 0. The second-order valence-corrected chi connectivity index (χ2v) is 3.61. The molecule has 6 heteroatoms. The monoisotopic (exact) mass is 268 g/mol. The van der Waals surface area contributed by atoms with Crippen LogP contribution in [-0.2, 0) is 0 Å². The van der Waals surface area contributed by atoms with Gasteiger partial charge in [-0.25, -0.2) is 18.0 Å². The van der Waals surface area contributed by atoms with Gasteiger partial charge >= 0.3 is 5.97 Å². The van der Waals surface area contributed by atoms with Gasteiger partial charge < -0.3 is 9.84 Å². The van der Waals surface area contributed by atoms with E-state index in [1.807, 2.05) is 0 Å². The van der Waals surface area contributed by atoms with Gasteiger partial charge in [-0.15, -0.1) is 0 Å². The quantitative estimate of drug-likeness (QED) is 0.925. The molecule has 0 fully saturated rings. The average molecular weight is 268 g/mol. The van der Waals surface area contributed by atoms with Gasteiger partial charge in [-0.3, -0.25) is 0 Å². The maximum Gasteiger partial charge on any atom is 0.335 e. The molecule has 3 nitrogen and oxygen atoms in total. The number of carbonyl (C=O) groups is 1. The normalized spacial score (nSPS) is 10.3. The fraction of sp³-hybridized carbons (Fsp3) is 0. The van der Waals surface area contributed by atoms with Crippen molar-refractivity contribution in [1.82, 2.24) is 0 Å². The van der Waals surface area contributed by atoms with E-state index < -0.39 is 34.7 Å². The van der Waals surface area contributed by atoms with Crippen LogP contribution in [0.25, 0.3) is 0 Å². The Balaban J connectivity index is 2.42. The molecular weight excluding hydrogens is 261 g/mol. The first-order chi connectivity index (χ1) is 8.99. The lowest BCUT2D eigenvalue weighted by Gasteiger charge is -2.09. The van der Waals surface area contributed by atoms with E-state index in [0.29, 0.717) is 12.1 Å². The molecule has 0 atom stereocenters. The molecule has 0 bridgehead atoms. The van der Waals surface area contributed by atoms with Crippen LogP contribution >= 0.6 is 0 Å². The van der Waals surface area contributed by atoms with Gasteiger partial charge in [-0.1, -0.05) is 12.1 Å². The Hall–Kier alpha value is -2.50. The molecular formula is C13H7F3O3. The predicted molar refractivity (Wildman–Crippen MR) is 59.8 cm³/mol. The smallest absolute Gasteiger partial charge is 0.335 e. The van der Waals surface area contributed by atoms with E-state index in [-0.39, 0.29) is 5.75 Å². The molecule has 0 aromatic heterocycles. The number of carboxylic acid groups (broad SMARTS) is 1. The highest BCUT2D eigenvalue weighted by Gasteiger charge is 2.17. The summed E-state index contributed by atoms with van der Waals surface area (Å²) in [4.78, 5) is 10.6. The summed E-state index contributed by atoms with van der Waals surface area (Å²) < 4.78 is 45.1. The van der Waals surface area contributed by atoms with E-state index in [1.54, 1.807) is 0 Å². The minimum Gasteiger partial charge on any atom is -0.478 e. The van der Waals surface area contributed by atoms with Crippen LogP contribution in [-0.4, -0.2) is 11.1 Å². The molecule has 0 saturated carbocycles. The fourth-order valence-electron chi connectivity index (χ4n) is 1.42. The molecule has 0 heterocycles. The highest BCUT2D eigenvalue weighted by Crippen LogP contribution is 2.30. The third-order valence-electron chi connectivity index (χ3n) is 2.29. The minimum absolute atomic E-state index is 0.358. The van der Waals surface area contributed by atoms with E-state index in [1.165, 1.54) is 18.2 Å². The highest BCUT2D eigenvalue weighted by atomic mass is 19.1. The zero-order valence-electron chi connectivity index (χ0n) is 9.36. The van der Waals surface area contributed by atoms with Crippen molar-refractivity contribution in [3.8, 4) is 11.5 Å². The summed E-state index contributed by atoms with van der Waals surface area (Å²) >= 11 is 0. The molecule has 1 N–H and O–H groups in total. The summed E-state index contributed by atoms with van der Waals surface area (Å²) in [5, 5.41) is 8.62. The van der Waals surface area contributed by atoms with Crippen molar-refractivity contribution in [2.75, 3.05) is 0 Å². The van der Waals surface area contributed by atoms with Crippen LogP contribution in [0.4, 0.5) is 13.2 Å². The van der Waals surface area contributed by atoms with Crippen LogP contribution in [0.5, 0.6) is 11.5 Å². The third kappa shape index (κ3) is 2.67. The van der Waals surface area contributed by atoms with Gasteiger partial charge in [-0.05, 0) is 24.3 Å². The number of aromatic carboxylic acids is 1. The number of hydrogen-bond acceptors (Lipinski definition) is 2. The Morgan fingerprint density at radius 1 is 1.00 bits per heavy atom. The molecule has 0 amide bonds. The lowest BCUT2D eigenvalue weighted by molar-refractivity contribution is 0.0695. The van der Waals surface area contributed by atoms with Crippen LogP contribution < -0.4 is 4.74 Å². The van der Waals surface area contributed by atoms with Crippen molar-refractivity contribution in [3.63, 3.8) is 0 Å². The van der Waals surface area contributed by atoms with Gasteiger partial charge in [0.15, 0.2) is 29.0 Å². The molecule has 2 rings (SSSR count). The van der Waals surface area contributed by atoms with Gasteiger partial charge in [0.05, 0.1) is 5.56 Å². The first-order valence-corrected chi connectivity index (χ1v) is 5.13. The molecule has 2 aromatic carbocycles. The molecule has 0 aliphatic carbocycles. The van der Waals surface area contributed by atoms with Crippen LogP contribution in [0.3, 0.4) is 0 Å². The molecule has 98 valence electrons. The molecule has 0 aliphatic rings. The number of rotatable bonds is 3. The van der Waals surface area contributed by atoms with E-state index >= 15 is 0 Å². The van der Waals surface area contributed by atoms with E-state index in [0.717, 1.165) is 6.07 Å². The molecule has 0 aliphatic heterocycles.